The van der Waals surface area contributed by atoms with E-state index in [0.717, 1.165) is 5.56 Å². The highest BCUT2D eigenvalue weighted by Gasteiger charge is 2.21. The molecule has 0 saturated heterocycles. The summed E-state index contributed by atoms with van der Waals surface area (Å²) in [4.78, 5) is 0.0522. The van der Waals surface area contributed by atoms with Gasteiger partial charge in [0.15, 0.2) is 0 Å². The van der Waals surface area contributed by atoms with Gasteiger partial charge in [0.05, 0.1) is 13.2 Å². The molecule has 0 radical (unpaired) electrons. The Morgan fingerprint density at radius 1 is 1.14 bits per heavy atom. The minimum atomic E-state index is -3.71. The first kappa shape index (κ1) is 17.7. The molecule has 0 heterocycles. The third kappa shape index (κ3) is 4.87. The molecule has 0 spiro atoms. The minimum absolute atomic E-state index is 0.0522. The van der Waals surface area contributed by atoms with Gasteiger partial charge in [-0.25, -0.2) is 13.1 Å². The number of hydrogen-bond donors (Lipinski definition) is 2. The van der Waals surface area contributed by atoms with Crippen molar-refractivity contribution in [3.8, 4) is 11.5 Å². The van der Waals surface area contributed by atoms with E-state index in [2.05, 4.69) is 4.72 Å². The van der Waals surface area contributed by atoms with Crippen LogP contribution in [-0.4, -0.2) is 39.9 Å². The predicted molar refractivity (Wildman–Crippen MR) is 80.4 cm³/mol. The Bertz CT molecular complexity index is 557. The lowest BCUT2D eigenvalue weighted by Crippen LogP contribution is -2.26. The molecule has 7 heteroatoms. The second-order valence-electron chi connectivity index (χ2n) is 4.41. The number of rotatable bonds is 9. The van der Waals surface area contributed by atoms with Gasteiger partial charge in [0.25, 0.3) is 0 Å². The first-order valence-corrected chi connectivity index (χ1v) is 8.45. The Morgan fingerprint density at radius 3 is 2.33 bits per heavy atom. The summed E-state index contributed by atoms with van der Waals surface area (Å²) in [6.07, 6.45) is 0.355. The molecule has 0 saturated carbocycles. The fourth-order valence-electron chi connectivity index (χ4n) is 1.80. The molecule has 120 valence electrons. The average molecular weight is 317 g/mol. The van der Waals surface area contributed by atoms with E-state index < -0.39 is 10.0 Å². The van der Waals surface area contributed by atoms with E-state index in [1.54, 1.807) is 13.0 Å². The molecule has 0 amide bonds. The largest absolute Gasteiger partial charge is 0.494 e. The predicted octanol–water partition coefficient (Wildman–Crippen LogP) is 1.45. The molecule has 1 aromatic rings. The number of aliphatic hydroxyl groups is 1. The Labute approximate surface area is 126 Å². The first-order valence-electron chi connectivity index (χ1n) is 6.97. The van der Waals surface area contributed by atoms with E-state index in [-0.39, 0.29) is 18.0 Å². The maximum Gasteiger partial charge on any atom is 0.244 e. The van der Waals surface area contributed by atoms with Crippen LogP contribution in [0, 0.1) is 6.92 Å². The van der Waals surface area contributed by atoms with Crippen LogP contribution in [0.1, 0.15) is 25.8 Å². The van der Waals surface area contributed by atoms with Crippen molar-refractivity contribution in [3.05, 3.63) is 17.7 Å². The van der Waals surface area contributed by atoms with E-state index >= 15 is 0 Å². The summed E-state index contributed by atoms with van der Waals surface area (Å²) in [6, 6.07) is 3.14. The Hall–Kier alpha value is -1.31. The van der Waals surface area contributed by atoms with Crippen LogP contribution in [-0.2, 0) is 10.0 Å². The van der Waals surface area contributed by atoms with E-state index in [1.165, 1.54) is 6.07 Å². The summed E-state index contributed by atoms with van der Waals surface area (Å²) >= 11 is 0. The molecule has 0 atom stereocenters. The van der Waals surface area contributed by atoms with Gasteiger partial charge < -0.3 is 14.6 Å². The van der Waals surface area contributed by atoms with Crippen LogP contribution in [0.2, 0.25) is 0 Å². The Balaban J connectivity index is 3.20. The van der Waals surface area contributed by atoms with E-state index in [0.29, 0.717) is 31.1 Å². The molecular weight excluding hydrogens is 294 g/mol. The summed E-state index contributed by atoms with van der Waals surface area (Å²) in [5, 5.41) is 8.74. The third-order valence-electron chi connectivity index (χ3n) is 2.76. The van der Waals surface area contributed by atoms with Crippen molar-refractivity contribution in [2.45, 2.75) is 32.1 Å². The van der Waals surface area contributed by atoms with Crippen molar-refractivity contribution < 1.29 is 23.0 Å². The summed E-state index contributed by atoms with van der Waals surface area (Å²) in [7, 11) is -3.71. The van der Waals surface area contributed by atoms with Gasteiger partial charge in [0, 0.05) is 19.2 Å². The summed E-state index contributed by atoms with van der Waals surface area (Å²) in [6.45, 7) is 6.38. The second kappa shape index (κ2) is 8.21. The van der Waals surface area contributed by atoms with E-state index in [9.17, 15) is 8.42 Å². The van der Waals surface area contributed by atoms with Crippen molar-refractivity contribution >= 4 is 10.0 Å². The molecule has 1 rings (SSSR count). The van der Waals surface area contributed by atoms with Crippen LogP contribution >= 0.6 is 0 Å². The Kier molecular flexibility index (Phi) is 6.94. The highest BCUT2D eigenvalue weighted by molar-refractivity contribution is 7.89. The molecule has 6 nitrogen and oxygen atoms in total. The maximum absolute atomic E-state index is 12.3. The normalized spacial score (nSPS) is 11.4. The van der Waals surface area contributed by atoms with Crippen LogP contribution in [0.25, 0.3) is 0 Å². The van der Waals surface area contributed by atoms with Gasteiger partial charge in [-0.1, -0.05) is 0 Å². The minimum Gasteiger partial charge on any atom is -0.494 e. The maximum atomic E-state index is 12.3. The lowest BCUT2D eigenvalue weighted by Gasteiger charge is -2.15. The summed E-state index contributed by atoms with van der Waals surface area (Å²) in [5.74, 6) is 0.818. The SMILES string of the molecule is CCOc1cc(S(=O)(=O)NCCCO)c(OCC)cc1C. The third-order valence-corrected chi connectivity index (χ3v) is 4.24. The van der Waals surface area contributed by atoms with Crippen molar-refractivity contribution in [1.29, 1.82) is 0 Å². The second-order valence-corrected chi connectivity index (χ2v) is 6.14. The quantitative estimate of drug-likeness (QED) is 0.674. The molecule has 0 aliphatic carbocycles. The number of nitrogens with one attached hydrogen (secondary N) is 1. The smallest absolute Gasteiger partial charge is 0.244 e. The number of hydrogen-bond acceptors (Lipinski definition) is 5. The van der Waals surface area contributed by atoms with Crippen LogP contribution in [0.5, 0.6) is 11.5 Å². The van der Waals surface area contributed by atoms with Gasteiger partial charge in [-0.3, -0.25) is 0 Å². The van der Waals surface area contributed by atoms with Gasteiger partial charge in [-0.15, -0.1) is 0 Å². The average Bonchev–Trinajstić information content (AvgIpc) is 2.42. The number of benzene rings is 1. The van der Waals surface area contributed by atoms with Crippen LogP contribution < -0.4 is 14.2 Å². The van der Waals surface area contributed by atoms with Gasteiger partial charge in [-0.05, 0) is 38.8 Å². The van der Waals surface area contributed by atoms with E-state index in [4.69, 9.17) is 14.6 Å². The molecular formula is C14H23NO5S. The zero-order valence-electron chi connectivity index (χ0n) is 12.7. The van der Waals surface area contributed by atoms with Crippen LogP contribution in [0.3, 0.4) is 0 Å². The molecule has 0 aromatic heterocycles. The van der Waals surface area contributed by atoms with Gasteiger partial charge in [0.1, 0.15) is 16.4 Å². The first-order chi connectivity index (χ1) is 9.96. The van der Waals surface area contributed by atoms with Gasteiger partial charge >= 0.3 is 0 Å². The van der Waals surface area contributed by atoms with Gasteiger partial charge in [-0.2, -0.15) is 0 Å². The Morgan fingerprint density at radius 2 is 1.76 bits per heavy atom. The standard InChI is InChI=1S/C14H23NO5S/c1-4-19-12-10-14(13(20-5-2)9-11(12)3)21(17,18)15-7-6-8-16/h9-10,15-16H,4-8H2,1-3H3. The topological polar surface area (TPSA) is 84.9 Å². The summed E-state index contributed by atoms with van der Waals surface area (Å²) in [5.41, 5.74) is 0.814. The monoisotopic (exact) mass is 317 g/mol. The molecule has 0 bridgehead atoms. The lowest BCUT2D eigenvalue weighted by atomic mass is 10.2. The molecule has 0 unspecified atom stereocenters. The summed E-state index contributed by atoms with van der Waals surface area (Å²) < 4.78 is 38.0. The number of aryl methyl sites for hydroxylation is 1. The van der Waals surface area contributed by atoms with Crippen molar-refractivity contribution in [3.63, 3.8) is 0 Å². The number of ether oxygens (including phenoxy) is 2. The number of aliphatic hydroxyl groups excluding tert-OH is 1. The van der Waals surface area contributed by atoms with Crippen LogP contribution in [0.4, 0.5) is 0 Å². The van der Waals surface area contributed by atoms with E-state index in [1.807, 2.05) is 13.8 Å². The molecule has 2 N–H and O–H groups in total. The van der Waals surface area contributed by atoms with Crippen molar-refractivity contribution in [2.24, 2.45) is 0 Å². The fourth-order valence-corrected chi connectivity index (χ4v) is 3.01. The highest BCUT2D eigenvalue weighted by Crippen LogP contribution is 2.32. The zero-order chi connectivity index (χ0) is 15.9. The van der Waals surface area contributed by atoms with Gasteiger partial charge in [0.2, 0.25) is 10.0 Å². The van der Waals surface area contributed by atoms with Crippen LogP contribution in [0.15, 0.2) is 17.0 Å². The van der Waals surface area contributed by atoms with Crippen molar-refractivity contribution in [2.75, 3.05) is 26.4 Å². The molecule has 21 heavy (non-hydrogen) atoms. The molecule has 0 aliphatic rings. The highest BCUT2D eigenvalue weighted by atomic mass is 32.2. The molecule has 1 aromatic carbocycles. The lowest BCUT2D eigenvalue weighted by molar-refractivity contribution is 0.289. The number of sulfonamides is 1. The molecule has 0 fully saturated rings. The molecule has 0 aliphatic heterocycles. The van der Waals surface area contributed by atoms with Crippen molar-refractivity contribution in [1.82, 2.24) is 4.72 Å². The zero-order valence-corrected chi connectivity index (χ0v) is 13.5. The fraction of sp³-hybridized carbons (Fsp3) is 0.571.